The highest BCUT2D eigenvalue weighted by atomic mass is 32.2. The largest absolute Gasteiger partial charge is 0.339 e. The molecule has 3 amide bonds. The van der Waals surface area contributed by atoms with Crippen LogP contribution in [-0.2, 0) is 4.79 Å². The van der Waals surface area contributed by atoms with Crippen molar-refractivity contribution in [3.05, 3.63) is 47.0 Å². The average Bonchev–Trinajstić information content (AvgIpc) is 2.69. The van der Waals surface area contributed by atoms with Crippen LogP contribution >= 0.6 is 11.8 Å². The highest BCUT2D eigenvalue weighted by Gasteiger charge is 2.35. The summed E-state index contributed by atoms with van der Waals surface area (Å²) >= 11 is 1.80. The van der Waals surface area contributed by atoms with Gasteiger partial charge in [0.15, 0.2) is 0 Å². The van der Waals surface area contributed by atoms with Gasteiger partial charge in [0.1, 0.15) is 6.54 Å². The molecule has 0 aliphatic carbocycles. The van der Waals surface area contributed by atoms with E-state index in [-0.39, 0.29) is 12.5 Å². The third-order valence-corrected chi connectivity index (χ3v) is 5.75. The van der Waals surface area contributed by atoms with Gasteiger partial charge in [0.2, 0.25) is 5.91 Å². The lowest BCUT2D eigenvalue weighted by Gasteiger charge is -2.31. The number of hydrogen-bond acceptors (Lipinski definition) is 4. The molecule has 2 heterocycles. The smallest absolute Gasteiger partial charge is 0.261 e. The van der Waals surface area contributed by atoms with Gasteiger partial charge in [0.05, 0.1) is 0 Å². The summed E-state index contributed by atoms with van der Waals surface area (Å²) in [7, 11) is 0. The zero-order chi connectivity index (χ0) is 18.3. The monoisotopic (exact) mass is 364 g/mol. The summed E-state index contributed by atoms with van der Waals surface area (Å²) in [5.74, 6) is 3.27. The molecule has 0 atom stereocenters. The Morgan fingerprint density at radius 3 is 2.46 bits per heavy atom. The number of terminal acetylenes is 1. The molecule has 2 aliphatic rings. The third-order valence-electron chi connectivity index (χ3n) is 4.80. The first-order chi connectivity index (χ1) is 12.6. The maximum atomic E-state index is 12.9. The fraction of sp³-hybridized carbons (Fsp3) is 0.250. The van der Waals surface area contributed by atoms with Crippen molar-refractivity contribution in [2.45, 2.75) is 0 Å². The van der Waals surface area contributed by atoms with Crippen LogP contribution < -0.4 is 0 Å². The van der Waals surface area contributed by atoms with Crippen LogP contribution in [-0.4, -0.2) is 58.7 Å². The molecule has 130 valence electrons. The van der Waals surface area contributed by atoms with E-state index < -0.39 is 11.8 Å². The lowest BCUT2D eigenvalue weighted by molar-refractivity contribution is -0.131. The molecule has 1 saturated heterocycles. The molecule has 0 unspecified atom stereocenters. The fourth-order valence-electron chi connectivity index (χ4n) is 3.46. The van der Waals surface area contributed by atoms with Gasteiger partial charge in [-0.3, -0.25) is 19.3 Å². The Hall–Kier alpha value is -2.78. The molecule has 2 aliphatic heterocycles. The van der Waals surface area contributed by atoms with Gasteiger partial charge in [0, 0.05) is 46.7 Å². The SMILES string of the molecule is C#Cc1ccc2c3c(cccc13)C(=O)N(CC(=O)N1CCSCC1)C2=O. The van der Waals surface area contributed by atoms with E-state index in [0.717, 1.165) is 16.4 Å². The number of amides is 3. The first-order valence-electron chi connectivity index (χ1n) is 8.36. The zero-order valence-electron chi connectivity index (χ0n) is 14.0. The average molecular weight is 364 g/mol. The standard InChI is InChI=1S/C20H16N2O3S/c1-2-13-6-7-16-18-14(13)4-3-5-15(18)19(24)22(20(16)25)12-17(23)21-8-10-26-11-9-21/h1,3-7H,8-12H2. The van der Waals surface area contributed by atoms with E-state index in [1.807, 2.05) is 6.07 Å². The van der Waals surface area contributed by atoms with Gasteiger partial charge < -0.3 is 4.90 Å². The minimum Gasteiger partial charge on any atom is -0.339 e. The lowest BCUT2D eigenvalue weighted by atomic mass is 9.91. The van der Waals surface area contributed by atoms with E-state index >= 15 is 0 Å². The molecule has 2 aromatic carbocycles. The summed E-state index contributed by atoms with van der Waals surface area (Å²) in [6.45, 7) is 1.07. The van der Waals surface area contributed by atoms with Crippen molar-refractivity contribution in [1.82, 2.24) is 9.80 Å². The Morgan fingerprint density at radius 2 is 1.77 bits per heavy atom. The van der Waals surface area contributed by atoms with E-state index in [2.05, 4.69) is 5.92 Å². The molecular weight excluding hydrogens is 348 g/mol. The van der Waals surface area contributed by atoms with Crippen molar-refractivity contribution >= 4 is 40.3 Å². The van der Waals surface area contributed by atoms with Gasteiger partial charge in [0.25, 0.3) is 11.8 Å². The first-order valence-corrected chi connectivity index (χ1v) is 9.51. The molecular formula is C20H16N2O3S. The van der Waals surface area contributed by atoms with Crippen molar-refractivity contribution in [3.8, 4) is 12.3 Å². The number of carbonyl (C=O) groups excluding carboxylic acids is 3. The highest BCUT2D eigenvalue weighted by Crippen LogP contribution is 2.32. The number of nitrogens with zero attached hydrogens (tertiary/aromatic N) is 2. The van der Waals surface area contributed by atoms with Crippen LogP contribution in [0.1, 0.15) is 26.3 Å². The topological polar surface area (TPSA) is 57.7 Å². The Bertz CT molecular complexity index is 964. The second-order valence-electron chi connectivity index (χ2n) is 6.22. The molecule has 4 rings (SSSR count). The number of benzene rings is 2. The van der Waals surface area contributed by atoms with Crippen molar-refractivity contribution in [2.24, 2.45) is 0 Å². The Kier molecular flexibility index (Phi) is 4.17. The van der Waals surface area contributed by atoms with E-state index in [9.17, 15) is 14.4 Å². The van der Waals surface area contributed by atoms with Gasteiger partial charge in [-0.25, -0.2) is 0 Å². The van der Waals surface area contributed by atoms with Crippen LogP contribution in [0.25, 0.3) is 10.8 Å². The second-order valence-corrected chi connectivity index (χ2v) is 7.45. The van der Waals surface area contributed by atoms with Crippen LogP contribution in [0.3, 0.4) is 0 Å². The van der Waals surface area contributed by atoms with Crippen molar-refractivity contribution in [2.75, 3.05) is 31.1 Å². The summed E-state index contributed by atoms with van der Waals surface area (Å²) < 4.78 is 0. The third kappa shape index (κ3) is 2.56. The molecule has 26 heavy (non-hydrogen) atoms. The minimum absolute atomic E-state index is 0.192. The molecule has 0 bridgehead atoms. The fourth-order valence-corrected chi connectivity index (χ4v) is 4.37. The Labute approximate surface area is 155 Å². The molecule has 0 saturated carbocycles. The number of thioether (sulfide) groups is 1. The number of carbonyl (C=O) groups is 3. The van der Waals surface area contributed by atoms with Gasteiger partial charge in [-0.2, -0.15) is 11.8 Å². The number of hydrogen-bond donors (Lipinski definition) is 0. The van der Waals surface area contributed by atoms with Crippen LogP contribution in [0.5, 0.6) is 0 Å². The van der Waals surface area contributed by atoms with Crippen molar-refractivity contribution in [1.29, 1.82) is 0 Å². The van der Waals surface area contributed by atoms with E-state index in [4.69, 9.17) is 6.42 Å². The van der Waals surface area contributed by atoms with Gasteiger partial charge >= 0.3 is 0 Å². The maximum absolute atomic E-state index is 12.9. The summed E-state index contributed by atoms with van der Waals surface area (Å²) in [6.07, 6.45) is 5.54. The minimum atomic E-state index is -0.443. The maximum Gasteiger partial charge on any atom is 0.261 e. The van der Waals surface area contributed by atoms with E-state index in [1.165, 1.54) is 0 Å². The number of rotatable bonds is 2. The quantitative estimate of drug-likeness (QED) is 0.604. The molecule has 0 radical (unpaired) electrons. The van der Waals surface area contributed by atoms with Crippen LogP contribution in [0.15, 0.2) is 30.3 Å². The Morgan fingerprint density at radius 1 is 1.08 bits per heavy atom. The lowest BCUT2D eigenvalue weighted by Crippen LogP contribution is -2.49. The second kappa shape index (κ2) is 6.50. The number of imide groups is 1. The molecule has 6 heteroatoms. The van der Waals surface area contributed by atoms with Crippen LogP contribution in [0.2, 0.25) is 0 Å². The van der Waals surface area contributed by atoms with Gasteiger partial charge in [-0.1, -0.05) is 18.1 Å². The summed E-state index contributed by atoms with van der Waals surface area (Å²) in [4.78, 5) is 41.1. The predicted molar refractivity (Wildman–Crippen MR) is 101 cm³/mol. The molecule has 1 fully saturated rings. The van der Waals surface area contributed by atoms with Gasteiger partial charge in [-0.05, 0) is 23.6 Å². The van der Waals surface area contributed by atoms with E-state index in [0.29, 0.717) is 40.6 Å². The molecule has 2 aromatic rings. The molecule has 5 nitrogen and oxygen atoms in total. The summed E-state index contributed by atoms with van der Waals surface area (Å²) in [5.41, 5.74) is 1.47. The molecule has 0 spiro atoms. The van der Waals surface area contributed by atoms with Gasteiger partial charge in [-0.15, -0.1) is 6.42 Å². The molecule has 0 aromatic heterocycles. The predicted octanol–water partition coefficient (Wildman–Crippen LogP) is 1.99. The summed E-state index contributed by atoms with van der Waals surface area (Å²) in [5, 5.41) is 1.29. The van der Waals surface area contributed by atoms with Crippen molar-refractivity contribution in [3.63, 3.8) is 0 Å². The molecule has 0 N–H and O–H groups in total. The van der Waals surface area contributed by atoms with Crippen LogP contribution in [0, 0.1) is 12.3 Å². The highest BCUT2D eigenvalue weighted by molar-refractivity contribution is 7.99. The first kappa shape index (κ1) is 16.7. The van der Waals surface area contributed by atoms with E-state index in [1.54, 1.807) is 40.9 Å². The van der Waals surface area contributed by atoms with Crippen LogP contribution in [0.4, 0.5) is 0 Å². The Balaban J connectivity index is 1.72. The normalized spacial score (nSPS) is 16.7. The van der Waals surface area contributed by atoms with Crippen molar-refractivity contribution < 1.29 is 14.4 Å². The zero-order valence-corrected chi connectivity index (χ0v) is 14.8. The summed E-state index contributed by atoms with van der Waals surface area (Å²) in [6, 6.07) is 8.58.